The SMILES string of the molecule is CC(C)(C)OC(=O)N1CCCC(C(OCCOS(C)(=O)=O)c2cccc(Cl)c2F)C1. The number of rotatable bonds is 7. The second-order valence-electron chi connectivity index (χ2n) is 8.29. The first-order valence-electron chi connectivity index (χ1n) is 9.75. The summed E-state index contributed by atoms with van der Waals surface area (Å²) in [6.45, 7) is 5.97. The zero-order chi connectivity index (χ0) is 22.5. The molecular weight excluding hydrogens is 437 g/mol. The molecule has 1 aromatic rings. The van der Waals surface area contributed by atoms with E-state index in [0.29, 0.717) is 25.9 Å². The molecule has 1 aromatic carbocycles. The number of benzene rings is 1. The first kappa shape index (κ1) is 24.8. The van der Waals surface area contributed by atoms with Gasteiger partial charge in [-0.1, -0.05) is 23.7 Å². The van der Waals surface area contributed by atoms with Crippen LogP contribution in [0.2, 0.25) is 5.02 Å². The van der Waals surface area contributed by atoms with Crippen molar-refractivity contribution in [1.29, 1.82) is 0 Å². The van der Waals surface area contributed by atoms with Crippen molar-refractivity contribution in [2.24, 2.45) is 5.92 Å². The summed E-state index contributed by atoms with van der Waals surface area (Å²) in [7, 11) is -3.61. The van der Waals surface area contributed by atoms with E-state index >= 15 is 0 Å². The largest absolute Gasteiger partial charge is 0.444 e. The molecule has 2 unspecified atom stereocenters. The predicted octanol–water partition coefficient (Wildman–Crippen LogP) is 4.16. The van der Waals surface area contributed by atoms with Gasteiger partial charge in [0.15, 0.2) is 0 Å². The van der Waals surface area contributed by atoms with Gasteiger partial charge in [-0.25, -0.2) is 9.18 Å². The van der Waals surface area contributed by atoms with Crippen LogP contribution in [0.25, 0.3) is 0 Å². The lowest BCUT2D eigenvalue weighted by Gasteiger charge is -2.37. The van der Waals surface area contributed by atoms with Crippen LogP contribution in [-0.4, -0.2) is 57.6 Å². The van der Waals surface area contributed by atoms with E-state index in [-0.39, 0.29) is 29.7 Å². The Morgan fingerprint density at radius 2 is 2.03 bits per heavy atom. The molecule has 1 saturated heterocycles. The van der Waals surface area contributed by atoms with Gasteiger partial charge < -0.3 is 14.4 Å². The van der Waals surface area contributed by atoms with Crippen molar-refractivity contribution < 1.29 is 31.3 Å². The average Bonchev–Trinajstić information content (AvgIpc) is 2.62. The highest BCUT2D eigenvalue weighted by Crippen LogP contribution is 2.36. The Kier molecular flexibility index (Phi) is 8.50. The molecule has 0 aromatic heterocycles. The lowest BCUT2D eigenvalue weighted by atomic mass is 9.88. The van der Waals surface area contributed by atoms with Crippen molar-refractivity contribution >= 4 is 27.8 Å². The lowest BCUT2D eigenvalue weighted by Crippen LogP contribution is -2.44. The van der Waals surface area contributed by atoms with Crippen LogP contribution in [0.1, 0.15) is 45.3 Å². The summed E-state index contributed by atoms with van der Waals surface area (Å²) < 4.78 is 53.1. The van der Waals surface area contributed by atoms with Gasteiger partial charge in [0.2, 0.25) is 0 Å². The van der Waals surface area contributed by atoms with Crippen molar-refractivity contribution in [3.63, 3.8) is 0 Å². The molecular formula is C20H29ClFNO6S. The Bertz CT molecular complexity index is 842. The number of piperidine rings is 1. The standard InChI is InChI=1S/C20H29ClFNO6S/c1-20(2,3)29-19(24)23-10-6-7-14(13-23)18(27-11-12-28-30(4,25)26)15-8-5-9-16(21)17(15)22/h5,8-9,14,18H,6-7,10-13H2,1-4H3. The van der Waals surface area contributed by atoms with Crippen LogP contribution in [0.3, 0.4) is 0 Å². The molecule has 0 aliphatic carbocycles. The van der Waals surface area contributed by atoms with E-state index in [2.05, 4.69) is 0 Å². The second-order valence-corrected chi connectivity index (χ2v) is 10.3. The minimum atomic E-state index is -3.61. The molecule has 0 radical (unpaired) electrons. The van der Waals surface area contributed by atoms with Gasteiger partial charge in [-0.15, -0.1) is 0 Å². The molecule has 0 spiro atoms. The van der Waals surface area contributed by atoms with E-state index < -0.39 is 33.7 Å². The Balaban J connectivity index is 2.18. The normalized spacial score (nSPS) is 18.9. The van der Waals surface area contributed by atoms with E-state index in [1.54, 1.807) is 37.8 Å². The molecule has 1 aliphatic heterocycles. The van der Waals surface area contributed by atoms with Crippen LogP contribution in [0.15, 0.2) is 18.2 Å². The van der Waals surface area contributed by atoms with Crippen molar-refractivity contribution in [3.05, 3.63) is 34.6 Å². The van der Waals surface area contributed by atoms with Gasteiger partial charge in [-0.2, -0.15) is 8.42 Å². The molecule has 10 heteroatoms. The van der Waals surface area contributed by atoms with Crippen molar-refractivity contribution in [1.82, 2.24) is 4.90 Å². The minimum absolute atomic E-state index is 0.0340. The second kappa shape index (κ2) is 10.3. The molecule has 2 atom stereocenters. The summed E-state index contributed by atoms with van der Waals surface area (Å²) in [5.74, 6) is -0.819. The van der Waals surface area contributed by atoms with E-state index in [1.807, 2.05) is 0 Å². The molecule has 1 fully saturated rings. The summed E-state index contributed by atoms with van der Waals surface area (Å²) in [6, 6.07) is 4.65. The molecule has 0 N–H and O–H groups in total. The summed E-state index contributed by atoms with van der Waals surface area (Å²) in [4.78, 5) is 14.1. The van der Waals surface area contributed by atoms with Gasteiger partial charge in [0.05, 0.1) is 30.6 Å². The average molecular weight is 466 g/mol. The number of carbonyl (C=O) groups is 1. The number of ether oxygens (including phenoxy) is 2. The number of amides is 1. The molecule has 7 nitrogen and oxygen atoms in total. The zero-order valence-electron chi connectivity index (χ0n) is 17.7. The van der Waals surface area contributed by atoms with E-state index in [0.717, 1.165) is 6.26 Å². The fraction of sp³-hybridized carbons (Fsp3) is 0.650. The number of likely N-dealkylation sites (tertiary alicyclic amines) is 1. The maximum absolute atomic E-state index is 14.7. The maximum atomic E-state index is 14.7. The first-order valence-corrected chi connectivity index (χ1v) is 11.9. The molecule has 170 valence electrons. The Morgan fingerprint density at radius 1 is 1.33 bits per heavy atom. The highest BCUT2D eigenvalue weighted by molar-refractivity contribution is 7.85. The van der Waals surface area contributed by atoms with Crippen LogP contribution < -0.4 is 0 Å². The Labute approximate surface area is 182 Å². The van der Waals surface area contributed by atoms with Gasteiger partial charge in [0, 0.05) is 24.6 Å². The van der Waals surface area contributed by atoms with E-state index in [9.17, 15) is 17.6 Å². The molecule has 1 amide bonds. The van der Waals surface area contributed by atoms with Crippen molar-refractivity contribution in [2.75, 3.05) is 32.6 Å². The monoisotopic (exact) mass is 465 g/mol. The van der Waals surface area contributed by atoms with E-state index in [4.69, 9.17) is 25.3 Å². The highest BCUT2D eigenvalue weighted by atomic mass is 35.5. The summed E-state index contributed by atoms with van der Waals surface area (Å²) in [5.41, 5.74) is -0.361. The fourth-order valence-corrected chi connectivity index (χ4v) is 3.88. The van der Waals surface area contributed by atoms with Gasteiger partial charge in [-0.05, 0) is 39.7 Å². The van der Waals surface area contributed by atoms with Crippen LogP contribution in [-0.2, 0) is 23.8 Å². The number of nitrogens with zero attached hydrogens (tertiary/aromatic N) is 1. The summed E-state index contributed by atoms with van der Waals surface area (Å²) in [6.07, 6.45) is 1.19. The predicted molar refractivity (Wildman–Crippen MR) is 111 cm³/mol. The van der Waals surface area contributed by atoms with Crippen LogP contribution in [0, 0.1) is 11.7 Å². The maximum Gasteiger partial charge on any atom is 0.410 e. The van der Waals surface area contributed by atoms with Gasteiger partial charge >= 0.3 is 6.09 Å². The molecule has 0 bridgehead atoms. The lowest BCUT2D eigenvalue weighted by molar-refractivity contribution is -0.0335. The van der Waals surface area contributed by atoms with Gasteiger partial charge in [-0.3, -0.25) is 4.18 Å². The third-order valence-corrected chi connectivity index (χ3v) is 5.39. The van der Waals surface area contributed by atoms with Crippen LogP contribution in [0.5, 0.6) is 0 Å². The topological polar surface area (TPSA) is 82.1 Å². The highest BCUT2D eigenvalue weighted by Gasteiger charge is 2.34. The number of carbonyl (C=O) groups excluding carboxylic acids is 1. The third-order valence-electron chi connectivity index (χ3n) is 4.50. The minimum Gasteiger partial charge on any atom is -0.444 e. The first-order chi connectivity index (χ1) is 13.9. The fourth-order valence-electron chi connectivity index (χ4n) is 3.33. The molecule has 1 aliphatic rings. The molecule has 30 heavy (non-hydrogen) atoms. The summed E-state index contributed by atoms with van der Waals surface area (Å²) in [5, 5.41) is -0.0340. The smallest absolute Gasteiger partial charge is 0.410 e. The van der Waals surface area contributed by atoms with Crippen LogP contribution in [0.4, 0.5) is 9.18 Å². The third kappa shape index (κ3) is 7.68. The van der Waals surface area contributed by atoms with Crippen LogP contribution >= 0.6 is 11.6 Å². The quantitative estimate of drug-likeness (QED) is 0.444. The zero-order valence-corrected chi connectivity index (χ0v) is 19.3. The van der Waals surface area contributed by atoms with Crippen molar-refractivity contribution in [3.8, 4) is 0 Å². The molecule has 0 saturated carbocycles. The number of hydrogen-bond acceptors (Lipinski definition) is 6. The molecule has 1 heterocycles. The van der Waals surface area contributed by atoms with E-state index in [1.165, 1.54) is 6.07 Å². The Morgan fingerprint density at radius 3 is 2.67 bits per heavy atom. The molecule has 2 rings (SSSR count). The van der Waals surface area contributed by atoms with Gasteiger partial charge in [0.1, 0.15) is 11.4 Å². The number of hydrogen-bond donors (Lipinski definition) is 0. The Hall–Kier alpha value is -1.42. The van der Waals surface area contributed by atoms with Gasteiger partial charge in [0.25, 0.3) is 10.1 Å². The summed E-state index contributed by atoms with van der Waals surface area (Å²) >= 11 is 5.95. The number of halogens is 2. The van der Waals surface area contributed by atoms with Crippen molar-refractivity contribution in [2.45, 2.75) is 45.3 Å².